The lowest BCUT2D eigenvalue weighted by Gasteiger charge is -2.35. The molecule has 1 saturated carbocycles. The van der Waals surface area contributed by atoms with E-state index in [-0.39, 0.29) is 11.5 Å². The monoisotopic (exact) mass is 320 g/mol. The lowest BCUT2D eigenvalue weighted by atomic mass is 9.77. The van der Waals surface area contributed by atoms with Crippen LogP contribution in [0.4, 0.5) is 0 Å². The molecule has 2 aromatic rings. The maximum absolute atomic E-state index is 13.7. The Bertz CT molecular complexity index is 692. The lowest BCUT2D eigenvalue weighted by Crippen LogP contribution is -2.45. The van der Waals surface area contributed by atoms with E-state index in [1.54, 1.807) is 0 Å². The number of carbonyl (C=O) groups is 1. The minimum Gasteiger partial charge on any atom is -0.333 e. The second-order valence-corrected chi connectivity index (χ2v) is 7.07. The summed E-state index contributed by atoms with van der Waals surface area (Å²) in [6, 6.07) is 16.6. The van der Waals surface area contributed by atoms with E-state index in [0.29, 0.717) is 5.91 Å². The molecule has 0 N–H and O–H groups in total. The third kappa shape index (κ3) is 2.52. The van der Waals surface area contributed by atoms with Crippen LogP contribution in [0.1, 0.15) is 55.8 Å². The zero-order valence-electron chi connectivity index (χ0n) is 14.0. The van der Waals surface area contributed by atoms with Crippen molar-refractivity contribution in [1.82, 2.24) is 9.88 Å². The van der Waals surface area contributed by atoms with Crippen LogP contribution in [-0.2, 0) is 10.2 Å². The molecule has 1 atom stereocenters. The van der Waals surface area contributed by atoms with E-state index in [1.165, 1.54) is 5.56 Å². The van der Waals surface area contributed by atoms with Crippen LogP contribution in [0, 0.1) is 0 Å². The largest absolute Gasteiger partial charge is 0.333 e. The summed E-state index contributed by atoms with van der Waals surface area (Å²) in [5, 5.41) is 0. The van der Waals surface area contributed by atoms with Crippen LogP contribution in [-0.4, -0.2) is 22.3 Å². The van der Waals surface area contributed by atoms with Gasteiger partial charge >= 0.3 is 0 Å². The first kappa shape index (κ1) is 15.4. The Morgan fingerprint density at radius 3 is 2.46 bits per heavy atom. The molecule has 3 nitrogen and oxygen atoms in total. The molecule has 0 spiro atoms. The zero-order chi connectivity index (χ0) is 16.4. The van der Waals surface area contributed by atoms with Gasteiger partial charge in [-0.3, -0.25) is 9.78 Å². The fourth-order valence-corrected chi connectivity index (χ4v) is 4.53. The summed E-state index contributed by atoms with van der Waals surface area (Å²) >= 11 is 0. The predicted octanol–water partition coefficient (Wildman–Crippen LogP) is 4.26. The van der Waals surface area contributed by atoms with Crippen molar-refractivity contribution in [3.05, 3.63) is 66.0 Å². The van der Waals surface area contributed by atoms with Crippen molar-refractivity contribution < 1.29 is 4.79 Å². The maximum Gasteiger partial charge on any atom is 0.233 e. The molecule has 2 heterocycles. The lowest BCUT2D eigenvalue weighted by molar-refractivity contribution is -0.138. The molecule has 1 aromatic carbocycles. The second-order valence-electron chi connectivity index (χ2n) is 7.07. The van der Waals surface area contributed by atoms with Crippen LogP contribution in [0.3, 0.4) is 0 Å². The number of pyridine rings is 1. The minimum absolute atomic E-state index is 0.139. The summed E-state index contributed by atoms with van der Waals surface area (Å²) in [6.07, 6.45) is 8.15. The summed E-state index contributed by atoms with van der Waals surface area (Å²) in [4.78, 5) is 20.3. The third-order valence-electron chi connectivity index (χ3n) is 5.74. The molecule has 0 bridgehead atoms. The second kappa shape index (κ2) is 6.39. The van der Waals surface area contributed by atoms with Gasteiger partial charge in [0.25, 0.3) is 0 Å². The molecule has 0 unspecified atom stereocenters. The topological polar surface area (TPSA) is 33.2 Å². The van der Waals surface area contributed by atoms with Crippen LogP contribution in [0.15, 0.2) is 54.7 Å². The van der Waals surface area contributed by atoms with Crippen LogP contribution < -0.4 is 0 Å². The van der Waals surface area contributed by atoms with E-state index in [9.17, 15) is 4.79 Å². The molecule has 0 radical (unpaired) electrons. The van der Waals surface area contributed by atoms with Gasteiger partial charge in [0.1, 0.15) is 0 Å². The predicted molar refractivity (Wildman–Crippen MR) is 94.5 cm³/mol. The quantitative estimate of drug-likeness (QED) is 0.846. The zero-order valence-corrected chi connectivity index (χ0v) is 14.0. The Morgan fingerprint density at radius 2 is 1.75 bits per heavy atom. The number of likely N-dealkylation sites (tertiary alicyclic amines) is 1. The molecule has 1 aromatic heterocycles. The molecule has 124 valence electrons. The van der Waals surface area contributed by atoms with E-state index in [2.05, 4.69) is 40.2 Å². The average molecular weight is 320 g/mol. The number of nitrogens with zero attached hydrogens (tertiary/aromatic N) is 2. The summed E-state index contributed by atoms with van der Waals surface area (Å²) in [5.74, 6) is 0.319. The van der Waals surface area contributed by atoms with Crippen LogP contribution in [0.25, 0.3) is 0 Å². The molecule has 2 aliphatic rings. The molecule has 1 amide bonds. The molecule has 4 rings (SSSR count). The van der Waals surface area contributed by atoms with Gasteiger partial charge in [-0.2, -0.15) is 0 Å². The number of amides is 1. The van der Waals surface area contributed by atoms with Gasteiger partial charge in [-0.15, -0.1) is 0 Å². The molecular weight excluding hydrogens is 296 g/mol. The van der Waals surface area contributed by atoms with Crippen LogP contribution >= 0.6 is 0 Å². The van der Waals surface area contributed by atoms with E-state index < -0.39 is 0 Å². The van der Waals surface area contributed by atoms with Crippen molar-refractivity contribution in [3.63, 3.8) is 0 Å². The Balaban J connectivity index is 1.68. The summed E-state index contributed by atoms with van der Waals surface area (Å²) in [6.45, 7) is 0.856. The van der Waals surface area contributed by atoms with Gasteiger partial charge in [0.05, 0.1) is 17.2 Å². The number of benzene rings is 1. The Labute approximate surface area is 143 Å². The fraction of sp³-hybridized carbons (Fsp3) is 0.429. The van der Waals surface area contributed by atoms with E-state index in [4.69, 9.17) is 0 Å². The SMILES string of the molecule is O=C(N1CCC[C@H]1c1ccccn1)C1(c2ccccc2)CCCC1. The third-order valence-corrected chi connectivity index (χ3v) is 5.74. The molecule has 3 heteroatoms. The highest BCUT2D eigenvalue weighted by molar-refractivity contribution is 5.89. The van der Waals surface area contributed by atoms with Crippen LogP contribution in [0.2, 0.25) is 0 Å². The van der Waals surface area contributed by atoms with E-state index >= 15 is 0 Å². The Kier molecular flexibility index (Phi) is 4.09. The van der Waals surface area contributed by atoms with Crippen molar-refractivity contribution >= 4 is 5.91 Å². The smallest absolute Gasteiger partial charge is 0.233 e. The molecule has 24 heavy (non-hydrogen) atoms. The van der Waals surface area contributed by atoms with Gasteiger partial charge < -0.3 is 4.90 Å². The molecular formula is C21H24N2O. The Hall–Kier alpha value is -2.16. The molecule has 1 aliphatic carbocycles. The highest BCUT2D eigenvalue weighted by Gasteiger charge is 2.47. The van der Waals surface area contributed by atoms with E-state index in [0.717, 1.165) is 50.8 Å². The first-order valence-electron chi connectivity index (χ1n) is 9.09. The average Bonchev–Trinajstić information content (AvgIpc) is 3.33. The van der Waals surface area contributed by atoms with Gasteiger partial charge in [0, 0.05) is 12.7 Å². The van der Waals surface area contributed by atoms with Crippen molar-refractivity contribution in [1.29, 1.82) is 0 Å². The van der Waals surface area contributed by atoms with Gasteiger partial charge in [-0.25, -0.2) is 0 Å². The normalized spacial score (nSPS) is 22.7. The van der Waals surface area contributed by atoms with Gasteiger partial charge in [0.2, 0.25) is 5.91 Å². The first-order chi connectivity index (χ1) is 11.8. The van der Waals surface area contributed by atoms with Crippen molar-refractivity contribution in [2.75, 3.05) is 6.54 Å². The highest BCUT2D eigenvalue weighted by Crippen LogP contribution is 2.45. The first-order valence-corrected chi connectivity index (χ1v) is 9.09. The minimum atomic E-state index is -0.321. The standard InChI is InChI=1S/C21H24N2O/c24-20(21(13-5-6-14-21)17-9-2-1-3-10-17)23-16-8-12-19(23)18-11-4-7-15-22-18/h1-4,7,9-11,15,19H,5-6,8,12-14,16H2/t19-/m0/s1. The summed E-state index contributed by atoms with van der Waals surface area (Å²) in [7, 11) is 0. The van der Waals surface area contributed by atoms with Gasteiger partial charge in [-0.1, -0.05) is 49.2 Å². The number of aromatic nitrogens is 1. The highest BCUT2D eigenvalue weighted by atomic mass is 16.2. The van der Waals surface area contributed by atoms with Crippen molar-refractivity contribution in [3.8, 4) is 0 Å². The van der Waals surface area contributed by atoms with E-state index in [1.807, 2.05) is 24.4 Å². The van der Waals surface area contributed by atoms with Crippen LogP contribution in [0.5, 0.6) is 0 Å². The van der Waals surface area contributed by atoms with Crippen molar-refractivity contribution in [2.24, 2.45) is 0 Å². The number of hydrogen-bond acceptors (Lipinski definition) is 2. The maximum atomic E-state index is 13.7. The summed E-state index contributed by atoms with van der Waals surface area (Å²) < 4.78 is 0. The fourth-order valence-electron chi connectivity index (χ4n) is 4.53. The van der Waals surface area contributed by atoms with Gasteiger partial charge in [-0.05, 0) is 43.4 Å². The van der Waals surface area contributed by atoms with Crippen molar-refractivity contribution in [2.45, 2.75) is 50.0 Å². The number of rotatable bonds is 3. The molecule has 1 aliphatic heterocycles. The van der Waals surface area contributed by atoms with Gasteiger partial charge in [0.15, 0.2) is 0 Å². The Morgan fingerprint density at radius 1 is 1.00 bits per heavy atom. The summed E-state index contributed by atoms with van der Waals surface area (Å²) in [5.41, 5.74) is 1.90. The number of carbonyl (C=O) groups excluding carboxylic acids is 1. The number of hydrogen-bond donors (Lipinski definition) is 0. The molecule has 1 saturated heterocycles. The molecule has 2 fully saturated rings.